The molecule has 1 saturated heterocycles. The van der Waals surface area contributed by atoms with Gasteiger partial charge in [-0.15, -0.1) is 0 Å². The number of hydrogen-bond donors (Lipinski definition) is 1. The largest absolute Gasteiger partial charge is 0.480 e. The number of hydrogen-bond acceptors (Lipinski definition) is 3. The Bertz CT molecular complexity index is 296. The van der Waals surface area contributed by atoms with Gasteiger partial charge in [-0.05, 0) is 31.7 Å². The summed E-state index contributed by atoms with van der Waals surface area (Å²) in [6.45, 7) is 1.79. The second kappa shape index (κ2) is 7.09. The van der Waals surface area contributed by atoms with Crippen LogP contribution in [0.1, 0.15) is 26.2 Å². The van der Waals surface area contributed by atoms with Gasteiger partial charge in [-0.2, -0.15) is 13.2 Å². The zero-order valence-electron chi connectivity index (χ0n) is 10.9. The maximum Gasteiger partial charge on any atom is 0.411 e. The number of halogens is 3. The topological polar surface area (TPSA) is 49.8 Å². The highest BCUT2D eigenvalue weighted by Crippen LogP contribution is 2.23. The second-order valence-electron chi connectivity index (χ2n) is 4.96. The molecule has 1 heterocycles. The minimum absolute atomic E-state index is 0.00324. The molecular weight excluding hydrogens is 263 g/mol. The van der Waals surface area contributed by atoms with E-state index in [1.165, 1.54) is 0 Å². The average Bonchev–Trinajstić information content (AvgIpc) is 2.26. The van der Waals surface area contributed by atoms with Gasteiger partial charge in [0.05, 0.1) is 0 Å². The smallest absolute Gasteiger partial charge is 0.411 e. The van der Waals surface area contributed by atoms with Crippen LogP contribution < -0.4 is 0 Å². The first-order valence-electron chi connectivity index (χ1n) is 6.42. The Balaban J connectivity index is 2.28. The number of alkyl halides is 3. The van der Waals surface area contributed by atoms with Gasteiger partial charge in [0.15, 0.2) is 0 Å². The Morgan fingerprint density at radius 3 is 2.74 bits per heavy atom. The summed E-state index contributed by atoms with van der Waals surface area (Å²) in [6.07, 6.45) is -2.10. The van der Waals surface area contributed by atoms with E-state index >= 15 is 0 Å². The lowest BCUT2D eigenvalue weighted by Gasteiger charge is -2.37. The number of carbonyl (C=O) groups is 1. The minimum atomic E-state index is -4.30. The summed E-state index contributed by atoms with van der Waals surface area (Å²) in [6, 6.07) is -0.531. The molecule has 0 amide bonds. The second-order valence-corrected chi connectivity index (χ2v) is 4.96. The van der Waals surface area contributed by atoms with Gasteiger partial charge < -0.3 is 9.84 Å². The third-order valence-electron chi connectivity index (χ3n) is 3.29. The van der Waals surface area contributed by atoms with E-state index < -0.39 is 24.8 Å². The van der Waals surface area contributed by atoms with Crippen LogP contribution in [0.25, 0.3) is 0 Å². The van der Waals surface area contributed by atoms with E-state index in [-0.39, 0.29) is 12.5 Å². The van der Waals surface area contributed by atoms with E-state index in [9.17, 15) is 18.0 Å². The van der Waals surface area contributed by atoms with Crippen LogP contribution in [0, 0.1) is 5.92 Å². The fourth-order valence-electron chi connectivity index (χ4n) is 2.48. The van der Waals surface area contributed by atoms with Gasteiger partial charge in [-0.25, -0.2) is 0 Å². The number of rotatable bonds is 6. The van der Waals surface area contributed by atoms with E-state index in [0.29, 0.717) is 19.5 Å². The van der Waals surface area contributed by atoms with Crippen molar-refractivity contribution in [1.82, 2.24) is 4.90 Å². The maximum absolute atomic E-state index is 11.8. The van der Waals surface area contributed by atoms with Crippen molar-refractivity contribution >= 4 is 5.97 Å². The standard InChI is InChI=1S/C12H20F3NO3/c1-9-4-2-5-16(10(9)11(17)18)6-3-7-19-8-12(13,14)15/h9-10H,2-8H2,1H3,(H,17,18). The van der Waals surface area contributed by atoms with Crippen molar-refractivity contribution in [3.05, 3.63) is 0 Å². The molecule has 1 aliphatic rings. The Kier molecular flexibility index (Phi) is 6.06. The molecule has 0 aromatic rings. The van der Waals surface area contributed by atoms with Gasteiger partial charge in [-0.3, -0.25) is 9.69 Å². The van der Waals surface area contributed by atoms with Gasteiger partial charge >= 0.3 is 12.1 Å². The van der Waals surface area contributed by atoms with Crippen LogP contribution in [0.3, 0.4) is 0 Å². The molecule has 0 bridgehead atoms. The van der Waals surface area contributed by atoms with Gasteiger partial charge in [0.2, 0.25) is 0 Å². The number of carboxylic acids is 1. The quantitative estimate of drug-likeness (QED) is 0.759. The van der Waals surface area contributed by atoms with Gasteiger partial charge in [0, 0.05) is 13.2 Å². The third kappa shape index (κ3) is 5.78. The van der Waals surface area contributed by atoms with Gasteiger partial charge in [0.1, 0.15) is 12.6 Å². The Morgan fingerprint density at radius 2 is 2.16 bits per heavy atom. The molecule has 0 aromatic carbocycles. The molecule has 19 heavy (non-hydrogen) atoms. The lowest BCUT2D eigenvalue weighted by Crippen LogP contribution is -2.49. The normalized spacial score (nSPS) is 25.5. The molecule has 4 nitrogen and oxygen atoms in total. The predicted molar refractivity (Wildman–Crippen MR) is 62.9 cm³/mol. The summed E-state index contributed by atoms with van der Waals surface area (Å²) in [5.41, 5.74) is 0. The van der Waals surface area contributed by atoms with E-state index in [4.69, 9.17) is 5.11 Å². The highest BCUT2D eigenvalue weighted by atomic mass is 19.4. The van der Waals surface area contributed by atoms with Crippen LogP contribution in [0.2, 0.25) is 0 Å². The molecular formula is C12H20F3NO3. The third-order valence-corrected chi connectivity index (χ3v) is 3.29. The van der Waals surface area contributed by atoms with E-state index in [1.807, 2.05) is 11.8 Å². The highest BCUT2D eigenvalue weighted by Gasteiger charge is 2.33. The van der Waals surface area contributed by atoms with Crippen molar-refractivity contribution < 1.29 is 27.8 Å². The fourth-order valence-corrected chi connectivity index (χ4v) is 2.48. The molecule has 0 radical (unpaired) electrons. The summed E-state index contributed by atoms with van der Waals surface area (Å²) in [4.78, 5) is 13.0. The molecule has 1 aliphatic heterocycles. The Hall–Kier alpha value is -0.820. The fraction of sp³-hybridized carbons (Fsp3) is 0.917. The lowest BCUT2D eigenvalue weighted by atomic mass is 9.91. The Labute approximate surface area is 110 Å². The molecule has 2 unspecified atom stereocenters. The van der Waals surface area contributed by atoms with Crippen molar-refractivity contribution in [2.24, 2.45) is 5.92 Å². The predicted octanol–water partition coefficient (Wildman–Crippen LogP) is 2.14. The SMILES string of the molecule is CC1CCCN(CCCOCC(F)(F)F)C1C(=O)O. The van der Waals surface area contributed by atoms with Crippen LogP contribution >= 0.6 is 0 Å². The molecule has 7 heteroatoms. The van der Waals surface area contributed by atoms with Crippen LogP contribution in [0.15, 0.2) is 0 Å². The molecule has 1 fully saturated rings. The highest BCUT2D eigenvalue weighted by molar-refractivity contribution is 5.74. The van der Waals surface area contributed by atoms with E-state index in [1.54, 1.807) is 0 Å². The van der Waals surface area contributed by atoms with Crippen molar-refractivity contribution in [3.63, 3.8) is 0 Å². The zero-order valence-corrected chi connectivity index (χ0v) is 10.9. The van der Waals surface area contributed by atoms with Crippen LogP contribution in [0.5, 0.6) is 0 Å². The van der Waals surface area contributed by atoms with Crippen LogP contribution in [-0.4, -0.2) is 54.5 Å². The first-order valence-corrected chi connectivity index (χ1v) is 6.42. The summed E-state index contributed by atoms with van der Waals surface area (Å²) in [7, 11) is 0. The number of ether oxygens (including phenoxy) is 1. The maximum atomic E-state index is 11.8. The molecule has 2 atom stereocenters. The average molecular weight is 283 g/mol. The van der Waals surface area contributed by atoms with Crippen molar-refractivity contribution in [2.45, 2.75) is 38.4 Å². The monoisotopic (exact) mass is 283 g/mol. The minimum Gasteiger partial charge on any atom is -0.480 e. The van der Waals surface area contributed by atoms with E-state index in [0.717, 1.165) is 12.8 Å². The molecule has 1 rings (SSSR count). The van der Waals surface area contributed by atoms with E-state index in [2.05, 4.69) is 4.74 Å². The van der Waals surface area contributed by atoms with Crippen LogP contribution in [0.4, 0.5) is 13.2 Å². The van der Waals surface area contributed by atoms with Crippen molar-refractivity contribution in [1.29, 1.82) is 0 Å². The first-order chi connectivity index (χ1) is 8.81. The summed E-state index contributed by atoms with van der Waals surface area (Å²) >= 11 is 0. The molecule has 112 valence electrons. The number of aliphatic carboxylic acids is 1. The van der Waals surface area contributed by atoms with Gasteiger partial charge in [-0.1, -0.05) is 6.92 Å². The summed E-state index contributed by atoms with van der Waals surface area (Å²) in [5.74, 6) is -0.786. The van der Waals surface area contributed by atoms with Crippen molar-refractivity contribution in [2.75, 3.05) is 26.3 Å². The number of carboxylic acid groups (broad SMARTS) is 1. The number of piperidine rings is 1. The van der Waals surface area contributed by atoms with Gasteiger partial charge in [0.25, 0.3) is 0 Å². The molecule has 0 aromatic heterocycles. The molecule has 0 spiro atoms. The summed E-state index contributed by atoms with van der Waals surface area (Å²) < 4.78 is 40.0. The number of likely N-dealkylation sites (tertiary alicyclic amines) is 1. The first kappa shape index (κ1) is 16.2. The lowest BCUT2D eigenvalue weighted by molar-refractivity contribution is -0.174. The summed E-state index contributed by atoms with van der Waals surface area (Å²) in [5, 5.41) is 9.17. The van der Waals surface area contributed by atoms with Crippen molar-refractivity contribution in [3.8, 4) is 0 Å². The Morgan fingerprint density at radius 1 is 1.47 bits per heavy atom. The molecule has 0 saturated carbocycles. The zero-order chi connectivity index (χ0) is 14.5. The molecule has 1 N–H and O–H groups in total. The molecule has 0 aliphatic carbocycles. The van der Waals surface area contributed by atoms with Crippen LogP contribution in [-0.2, 0) is 9.53 Å². The number of nitrogens with zero attached hydrogens (tertiary/aromatic N) is 1.